The van der Waals surface area contributed by atoms with Gasteiger partial charge in [0.25, 0.3) is 0 Å². The molecule has 0 spiro atoms. The van der Waals surface area contributed by atoms with Gasteiger partial charge >= 0.3 is 5.97 Å². The van der Waals surface area contributed by atoms with Gasteiger partial charge in [-0.2, -0.15) is 0 Å². The summed E-state index contributed by atoms with van der Waals surface area (Å²) in [6.07, 6.45) is 0. The lowest BCUT2D eigenvalue weighted by molar-refractivity contribution is 0.0594. The van der Waals surface area contributed by atoms with E-state index in [4.69, 9.17) is 4.74 Å². The van der Waals surface area contributed by atoms with Crippen LogP contribution >= 0.6 is 11.3 Å². The Kier molecular flexibility index (Phi) is 6.07. The molecule has 0 aliphatic heterocycles. The Morgan fingerprint density at radius 1 is 1.50 bits per heavy atom. The van der Waals surface area contributed by atoms with Crippen LogP contribution in [-0.4, -0.2) is 37.8 Å². The molecule has 0 atom stereocenters. The van der Waals surface area contributed by atoms with Gasteiger partial charge in [-0.1, -0.05) is 13.8 Å². The Morgan fingerprint density at radius 2 is 2.22 bits per heavy atom. The second kappa shape index (κ2) is 7.33. The van der Waals surface area contributed by atoms with Gasteiger partial charge in [0.2, 0.25) is 0 Å². The van der Waals surface area contributed by atoms with E-state index < -0.39 is 5.97 Å². The molecule has 0 saturated carbocycles. The van der Waals surface area contributed by atoms with Crippen LogP contribution in [0.25, 0.3) is 0 Å². The van der Waals surface area contributed by atoms with Crippen LogP contribution in [0.4, 0.5) is 5.13 Å². The van der Waals surface area contributed by atoms with Crippen molar-refractivity contribution in [3.63, 3.8) is 0 Å². The Labute approximate surface area is 112 Å². The lowest BCUT2D eigenvalue weighted by Gasteiger charge is -2.06. The van der Waals surface area contributed by atoms with Crippen LogP contribution in [0.2, 0.25) is 0 Å². The van der Waals surface area contributed by atoms with Crippen LogP contribution in [0.15, 0.2) is 0 Å². The van der Waals surface area contributed by atoms with Crippen LogP contribution in [0.3, 0.4) is 0 Å². The van der Waals surface area contributed by atoms with Crippen LogP contribution in [-0.2, 0) is 9.47 Å². The normalized spacial score (nSPS) is 10.7. The molecular formula is C12H20N2O3S. The van der Waals surface area contributed by atoms with Crippen molar-refractivity contribution in [1.29, 1.82) is 0 Å². The number of rotatable bonds is 7. The van der Waals surface area contributed by atoms with E-state index in [0.29, 0.717) is 24.8 Å². The molecule has 1 rings (SSSR count). The predicted octanol–water partition coefficient (Wildman–Crippen LogP) is 2.32. The van der Waals surface area contributed by atoms with E-state index in [1.165, 1.54) is 18.4 Å². The third-order valence-electron chi connectivity index (χ3n) is 2.15. The van der Waals surface area contributed by atoms with Crippen LogP contribution < -0.4 is 5.32 Å². The van der Waals surface area contributed by atoms with Crippen molar-refractivity contribution in [3.8, 4) is 0 Å². The van der Waals surface area contributed by atoms with Gasteiger partial charge in [-0.25, -0.2) is 9.78 Å². The summed E-state index contributed by atoms with van der Waals surface area (Å²) in [5.41, 5.74) is 0.382. The third-order valence-corrected chi connectivity index (χ3v) is 3.08. The Bertz CT molecular complexity index is 391. The fraction of sp³-hybridized carbons (Fsp3) is 0.667. The highest BCUT2D eigenvalue weighted by molar-refractivity contribution is 7.15. The number of anilines is 1. The zero-order chi connectivity index (χ0) is 13.5. The first-order valence-electron chi connectivity index (χ1n) is 5.92. The Hall–Kier alpha value is -1.14. The number of carbonyl (C=O) groups is 1. The number of ether oxygens (including phenoxy) is 2. The van der Waals surface area contributed by atoms with Gasteiger partial charge in [-0.15, -0.1) is 11.3 Å². The number of esters is 1. The maximum absolute atomic E-state index is 11.4. The molecule has 0 saturated heterocycles. The van der Waals surface area contributed by atoms with E-state index in [2.05, 4.69) is 28.9 Å². The average Bonchev–Trinajstić information content (AvgIpc) is 2.69. The molecule has 0 amide bonds. The quantitative estimate of drug-likeness (QED) is 0.609. The van der Waals surface area contributed by atoms with Gasteiger partial charge in [0.1, 0.15) is 0 Å². The summed E-state index contributed by atoms with van der Waals surface area (Å²) >= 11 is 1.44. The van der Waals surface area contributed by atoms with Crippen LogP contribution in [0.1, 0.15) is 29.2 Å². The number of hydrogen-bond acceptors (Lipinski definition) is 6. The molecule has 0 radical (unpaired) electrons. The minimum atomic E-state index is -0.396. The lowest BCUT2D eigenvalue weighted by Crippen LogP contribution is -2.12. The molecule has 6 heteroatoms. The van der Waals surface area contributed by atoms with Crippen LogP contribution in [0, 0.1) is 12.8 Å². The fourth-order valence-electron chi connectivity index (χ4n) is 1.31. The van der Waals surface area contributed by atoms with E-state index >= 15 is 0 Å². The Balaban J connectivity index is 2.37. The summed E-state index contributed by atoms with van der Waals surface area (Å²) in [5.74, 6) is 0.144. The van der Waals surface area contributed by atoms with E-state index in [-0.39, 0.29) is 0 Å². The average molecular weight is 272 g/mol. The predicted molar refractivity (Wildman–Crippen MR) is 72.3 cm³/mol. The van der Waals surface area contributed by atoms with Gasteiger partial charge < -0.3 is 14.8 Å². The van der Waals surface area contributed by atoms with E-state index in [9.17, 15) is 4.79 Å². The van der Waals surface area contributed by atoms with Crippen molar-refractivity contribution < 1.29 is 14.3 Å². The lowest BCUT2D eigenvalue weighted by atomic mass is 10.2. The molecule has 0 aliphatic rings. The number of thiazole rings is 1. The minimum absolute atomic E-state index is 0.382. The molecule has 1 N–H and O–H groups in total. The molecule has 0 bridgehead atoms. The smallest absolute Gasteiger partial charge is 0.357 e. The largest absolute Gasteiger partial charge is 0.464 e. The SMILES string of the molecule is COC(=O)c1nc(NCCOCC(C)C)sc1C. The number of methoxy groups -OCH3 is 1. The molecule has 0 fully saturated rings. The van der Waals surface area contributed by atoms with Crippen molar-refractivity contribution in [2.24, 2.45) is 5.92 Å². The van der Waals surface area contributed by atoms with E-state index in [1.54, 1.807) is 0 Å². The molecule has 1 heterocycles. The first-order valence-corrected chi connectivity index (χ1v) is 6.73. The van der Waals surface area contributed by atoms with Crippen molar-refractivity contribution >= 4 is 22.4 Å². The molecule has 1 aromatic heterocycles. The van der Waals surface area contributed by atoms with Gasteiger partial charge in [0.05, 0.1) is 13.7 Å². The van der Waals surface area contributed by atoms with Crippen molar-refractivity contribution in [2.75, 3.05) is 32.2 Å². The Morgan fingerprint density at radius 3 is 2.83 bits per heavy atom. The van der Waals surface area contributed by atoms with Gasteiger partial charge in [-0.05, 0) is 12.8 Å². The molecule has 0 aromatic carbocycles. The first kappa shape index (κ1) is 14.9. The molecule has 5 nitrogen and oxygen atoms in total. The molecule has 0 aliphatic carbocycles. The highest BCUT2D eigenvalue weighted by Gasteiger charge is 2.15. The standard InChI is InChI=1S/C12H20N2O3S/c1-8(2)7-17-6-5-13-12-14-10(9(3)18-12)11(15)16-4/h8H,5-7H2,1-4H3,(H,13,14). The fourth-order valence-corrected chi connectivity index (χ4v) is 2.13. The second-order valence-corrected chi connectivity index (χ2v) is 5.51. The maximum Gasteiger partial charge on any atom is 0.357 e. The highest BCUT2D eigenvalue weighted by atomic mass is 32.1. The van der Waals surface area contributed by atoms with E-state index in [1.807, 2.05) is 6.92 Å². The molecule has 1 aromatic rings. The zero-order valence-corrected chi connectivity index (χ0v) is 12.1. The molecule has 18 heavy (non-hydrogen) atoms. The zero-order valence-electron chi connectivity index (χ0n) is 11.3. The number of aryl methyl sites for hydroxylation is 1. The number of nitrogens with one attached hydrogen (secondary N) is 1. The number of aromatic nitrogens is 1. The van der Waals surface area contributed by atoms with Crippen molar-refractivity contribution in [1.82, 2.24) is 4.98 Å². The molecule has 102 valence electrons. The van der Waals surface area contributed by atoms with Crippen LogP contribution in [0.5, 0.6) is 0 Å². The van der Waals surface area contributed by atoms with Crippen molar-refractivity contribution in [3.05, 3.63) is 10.6 Å². The summed E-state index contributed by atoms with van der Waals surface area (Å²) in [4.78, 5) is 16.4. The summed E-state index contributed by atoms with van der Waals surface area (Å²) < 4.78 is 10.1. The summed E-state index contributed by atoms with van der Waals surface area (Å²) in [6, 6.07) is 0. The monoisotopic (exact) mass is 272 g/mol. The minimum Gasteiger partial charge on any atom is -0.464 e. The van der Waals surface area contributed by atoms with E-state index in [0.717, 1.165) is 16.6 Å². The third kappa shape index (κ3) is 4.62. The number of nitrogens with zero attached hydrogens (tertiary/aromatic N) is 1. The van der Waals surface area contributed by atoms with Crippen molar-refractivity contribution in [2.45, 2.75) is 20.8 Å². The molecular weight excluding hydrogens is 252 g/mol. The maximum atomic E-state index is 11.4. The number of hydrogen-bond donors (Lipinski definition) is 1. The number of carbonyl (C=O) groups excluding carboxylic acids is 1. The molecule has 0 unspecified atom stereocenters. The van der Waals surface area contributed by atoms with Gasteiger partial charge in [-0.3, -0.25) is 0 Å². The summed E-state index contributed by atoms with van der Waals surface area (Å²) in [7, 11) is 1.36. The first-order chi connectivity index (χ1) is 8.54. The summed E-state index contributed by atoms with van der Waals surface area (Å²) in [5, 5.41) is 3.86. The second-order valence-electron chi connectivity index (χ2n) is 4.31. The van der Waals surface area contributed by atoms with Gasteiger partial charge in [0, 0.05) is 18.0 Å². The highest BCUT2D eigenvalue weighted by Crippen LogP contribution is 2.22. The van der Waals surface area contributed by atoms with Gasteiger partial charge in [0.15, 0.2) is 10.8 Å². The topological polar surface area (TPSA) is 60.5 Å². The summed E-state index contributed by atoms with van der Waals surface area (Å²) in [6.45, 7) is 8.14.